The van der Waals surface area contributed by atoms with E-state index >= 15 is 0 Å². The van der Waals surface area contributed by atoms with Gasteiger partial charge in [-0.3, -0.25) is 0 Å². The summed E-state index contributed by atoms with van der Waals surface area (Å²) in [4.78, 5) is 17.4. The van der Waals surface area contributed by atoms with Crippen molar-refractivity contribution < 1.29 is 0 Å². The van der Waals surface area contributed by atoms with Crippen LogP contribution in [0.25, 0.3) is 0 Å². The van der Waals surface area contributed by atoms with Crippen molar-refractivity contribution in [2.75, 3.05) is 48.3 Å². The molecule has 6 nitrogen and oxygen atoms in total. The third-order valence-electron chi connectivity index (χ3n) is 3.50. The third kappa shape index (κ3) is 3.00. The average molecular weight is 305 g/mol. The van der Waals surface area contributed by atoms with Crippen LogP contribution in [-0.4, -0.2) is 48.2 Å². The zero-order valence-electron chi connectivity index (χ0n) is 11.8. The summed E-state index contributed by atoms with van der Waals surface area (Å²) < 4.78 is 0. The lowest BCUT2D eigenvalue weighted by Gasteiger charge is -2.36. The first-order chi connectivity index (χ1) is 10.3. The SMILES string of the molecule is CNc1ncc(Cl)c(N2CCN(c3ccccn3)CC2)n1. The number of hydrogen-bond donors (Lipinski definition) is 1. The van der Waals surface area contributed by atoms with Gasteiger partial charge in [-0.25, -0.2) is 9.97 Å². The second-order valence-electron chi connectivity index (χ2n) is 4.78. The molecular weight excluding hydrogens is 288 g/mol. The van der Waals surface area contributed by atoms with E-state index in [1.807, 2.05) is 24.4 Å². The Morgan fingerprint density at radius 1 is 1.10 bits per heavy atom. The Kier molecular flexibility index (Phi) is 4.06. The molecule has 0 aromatic carbocycles. The Hall–Kier alpha value is -2.08. The minimum absolute atomic E-state index is 0.584. The third-order valence-corrected chi connectivity index (χ3v) is 3.77. The van der Waals surface area contributed by atoms with Gasteiger partial charge >= 0.3 is 0 Å². The molecule has 1 aliphatic rings. The van der Waals surface area contributed by atoms with E-state index in [9.17, 15) is 0 Å². The van der Waals surface area contributed by atoms with Crippen LogP contribution in [0.4, 0.5) is 17.6 Å². The molecule has 0 saturated carbocycles. The molecule has 1 N–H and O–H groups in total. The topological polar surface area (TPSA) is 57.2 Å². The first kappa shape index (κ1) is 13.9. The highest BCUT2D eigenvalue weighted by molar-refractivity contribution is 6.32. The van der Waals surface area contributed by atoms with Crippen molar-refractivity contribution >= 4 is 29.2 Å². The van der Waals surface area contributed by atoms with Crippen LogP contribution in [0.15, 0.2) is 30.6 Å². The molecule has 3 heterocycles. The fourth-order valence-corrected chi connectivity index (χ4v) is 2.60. The van der Waals surface area contributed by atoms with E-state index < -0.39 is 0 Å². The van der Waals surface area contributed by atoms with Crippen molar-refractivity contribution in [3.63, 3.8) is 0 Å². The molecule has 1 fully saturated rings. The lowest BCUT2D eigenvalue weighted by molar-refractivity contribution is 0.641. The van der Waals surface area contributed by atoms with Gasteiger partial charge in [0.05, 0.1) is 6.20 Å². The minimum atomic E-state index is 0.584. The van der Waals surface area contributed by atoms with E-state index in [2.05, 4.69) is 30.1 Å². The van der Waals surface area contributed by atoms with Crippen LogP contribution >= 0.6 is 11.6 Å². The summed E-state index contributed by atoms with van der Waals surface area (Å²) in [7, 11) is 1.80. The molecule has 0 unspecified atom stereocenters. The number of halogens is 1. The van der Waals surface area contributed by atoms with Crippen LogP contribution in [0.3, 0.4) is 0 Å². The first-order valence-electron chi connectivity index (χ1n) is 6.89. The summed E-state index contributed by atoms with van der Waals surface area (Å²) in [5.74, 6) is 2.39. The van der Waals surface area contributed by atoms with Crippen LogP contribution in [0.5, 0.6) is 0 Å². The molecule has 0 amide bonds. The predicted octanol–water partition coefficient (Wildman–Crippen LogP) is 1.89. The summed E-state index contributed by atoms with van der Waals surface area (Å²) >= 11 is 6.22. The highest BCUT2D eigenvalue weighted by Gasteiger charge is 2.21. The van der Waals surface area contributed by atoms with E-state index in [1.54, 1.807) is 13.2 Å². The number of anilines is 3. The monoisotopic (exact) mass is 304 g/mol. The summed E-state index contributed by atoms with van der Waals surface area (Å²) in [5, 5.41) is 3.52. The van der Waals surface area contributed by atoms with E-state index in [1.165, 1.54) is 0 Å². The molecular formula is C14H17ClN6. The quantitative estimate of drug-likeness (QED) is 0.934. The zero-order valence-corrected chi connectivity index (χ0v) is 12.6. The number of piperazine rings is 1. The molecule has 0 radical (unpaired) electrons. The van der Waals surface area contributed by atoms with Gasteiger partial charge in [0.2, 0.25) is 5.95 Å². The molecule has 0 atom stereocenters. The summed E-state index contributed by atoms with van der Waals surface area (Å²) in [6, 6.07) is 5.97. The minimum Gasteiger partial charge on any atom is -0.357 e. The van der Waals surface area contributed by atoms with Gasteiger partial charge in [-0.05, 0) is 12.1 Å². The predicted molar refractivity (Wildman–Crippen MR) is 85.3 cm³/mol. The van der Waals surface area contributed by atoms with Gasteiger partial charge in [-0.2, -0.15) is 4.98 Å². The Labute approximate surface area is 128 Å². The molecule has 2 aromatic rings. The molecule has 21 heavy (non-hydrogen) atoms. The Morgan fingerprint density at radius 2 is 1.86 bits per heavy atom. The van der Waals surface area contributed by atoms with Crippen molar-refractivity contribution in [1.29, 1.82) is 0 Å². The lowest BCUT2D eigenvalue weighted by atomic mass is 10.3. The highest BCUT2D eigenvalue weighted by Crippen LogP contribution is 2.25. The normalized spacial score (nSPS) is 15.1. The molecule has 2 aromatic heterocycles. The van der Waals surface area contributed by atoms with E-state index in [4.69, 9.17) is 11.6 Å². The standard InChI is InChI=1S/C14H17ClN6/c1-16-14-18-10-11(15)13(19-14)21-8-6-20(7-9-21)12-4-2-3-5-17-12/h2-5,10H,6-9H2,1H3,(H,16,18,19). The molecule has 1 aliphatic heterocycles. The van der Waals surface area contributed by atoms with Crippen LogP contribution in [0, 0.1) is 0 Å². The van der Waals surface area contributed by atoms with Crippen molar-refractivity contribution in [2.45, 2.75) is 0 Å². The largest absolute Gasteiger partial charge is 0.357 e. The highest BCUT2D eigenvalue weighted by atomic mass is 35.5. The molecule has 0 bridgehead atoms. The zero-order chi connectivity index (χ0) is 14.7. The number of nitrogens with zero attached hydrogens (tertiary/aromatic N) is 5. The Bertz CT molecular complexity index is 598. The van der Waals surface area contributed by atoms with Crippen LogP contribution in [-0.2, 0) is 0 Å². The van der Waals surface area contributed by atoms with Gasteiger partial charge in [-0.1, -0.05) is 17.7 Å². The number of pyridine rings is 1. The summed E-state index contributed by atoms with van der Waals surface area (Å²) in [5.41, 5.74) is 0. The number of hydrogen-bond acceptors (Lipinski definition) is 6. The van der Waals surface area contributed by atoms with Crippen LogP contribution in [0.2, 0.25) is 5.02 Å². The molecule has 110 valence electrons. The first-order valence-corrected chi connectivity index (χ1v) is 7.27. The van der Waals surface area contributed by atoms with Gasteiger partial charge in [0.15, 0.2) is 5.82 Å². The average Bonchev–Trinajstić information content (AvgIpc) is 2.56. The van der Waals surface area contributed by atoms with Gasteiger partial charge in [0.25, 0.3) is 0 Å². The lowest BCUT2D eigenvalue weighted by Crippen LogP contribution is -2.47. The van der Waals surface area contributed by atoms with Gasteiger partial charge in [0, 0.05) is 39.4 Å². The Morgan fingerprint density at radius 3 is 2.52 bits per heavy atom. The number of aromatic nitrogens is 3. The van der Waals surface area contributed by atoms with E-state index in [0.29, 0.717) is 11.0 Å². The van der Waals surface area contributed by atoms with Crippen molar-refractivity contribution in [3.05, 3.63) is 35.6 Å². The van der Waals surface area contributed by atoms with Crippen molar-refractivity contribution in [3.8, 4) is 0 Å². The van der Waals surface area contributed by atoms with Gasteiger partial charge < -0.3 is 15.1 Å². The molecule has 1 saturated heterocycles. The van der Waals surface area contributed by atoms with Crippen LogP contribution < -0.4 is 15.1 Å². The molecule has 0 aliphatic carbocycles. The van der Waals surface area contributed by atoms with Crippen LogP contribution in [0.1, 0.15) is 0 Å². The summed E-state index contributed by atoms with van der Waals surface area (Å²) in [6.07, 6.45) is 3.46. The molecule has 3 rings (SSSR count). The second-order valence-corrected chi connectivity index (χ2v) is 5.18. The van der Waals surface area contributed by atoms with E-state index in [0.717, 1.165) is 37.8 Å². The second kappa shape index (κ2) is 6.13. The fraction of sp³-hybridized carbons (Fsp3) is 0.357. The van der Waals surface area contributed by atoms with E-state index in [-0.39, 0.29) is 0 Å². The van der Waals surface area contributed by atoms with Gasteiger partial charge in [-0.15, -0.1) is 0 Å². The maximum absolute atomic E-state index is 6.22. The fourth-order valence-electron chi connectivity index (χ4n) is 2.39. The number of nitrogens with one attached hydrogen (secondary N) is 1. The summed E-state index contributed by atoms with van der Waals surface area (Å²) in [6.45, 7) is 3.51. The molecule has 0 spiro atoms. The van der Waals surface area contributed by atoms with Crippen molar-refractivity contribution in [1.82, 2.24) is 15.0 Å². The van der Waals surface area contributed by atoms with Gasteiger partial charge in [0.1, 0.15) is 10.8 Å². The maximum Gasteiger partial charge on any atom is 0.224 e. The number of rotatable bonds is 3. The Balaban J connectivity index is 1.71. The smallest absolute Gasteiger partial charge is 0.224 e. The van der Waals surface area contributed by atoms with Crippen molar-refractivity contribution in [2.24, 2.45) is 0 Å². The maximum atomic E-state index is 6.22. The molecule has 7 heteroatoms.